The maximum Gasteiger partial charge on any atom is 0.230 e. The van der Waals surface area contributed by atoms with E-state index in [1.54, 1.807) is 0 Å². The van der Waals surface area contributed by atoms with Crippen molar-refractivity contribution in [3.05, 3.63) is 4.91 Å². The zero-order valence-electron chi connectivity index (χ0n) is 4.80. The molecule has 0 aromatic carbocycles. The standard InChI is InChI=1S/H2N6O4S/c7-5-3-1-2-4-6-11(9)10-8/h8H,(H,2,3,6,7,9). The number of nitrogens with zero attached hydrogens (tertiary/aromatic N) is 6. The van der Waals surface area contributed by atoms with Gasteiger partial charge in [-0.1, -0.05) is 0 Å². The lowest BCUT2D eigenvalue weighted by molar-refractivity contribution is -0.127. The summed E-state index contributed by atoms with van der Waals surface area (Å²) < 4.78 is 14.3. The Kier molecular flexibility index (Phi) is 6.20. The lowest BCUT2D eigenvalue weighted by Gasteiger charge is -1.83. The Balaban J connectivity index is 3.76. The molecule has 0 radical (unpaired) electrons. The highest BCUT2D eigenvalue weighted by atomic mass is 32.2. The molecular weight excluding hydrogens is 180 g/mol. The van der Waals surface area contributed by atoms with E-state index in [4.69, 9.17) is 9.81 Å². The van der Waals surface area contributed by atoms with Crippen molar-refractivity contribution in [2.75, 3.05) is 0 Å². The first-order chi connectivity index (χ1) is 5.31. The third-order valence-corrected chi connectivity index (χ3v) is 0.676. The quantitative estimate of drug-likeness (QED) is 0.290. The highest BCUT2D eigenvalue weighted by molar-refractivity contribution is 7.76. The largest absolute Gasteiger partial charge is 0.297 e. The average Bonchev–Trinajstić information content (AvgIpc) is 2.04. The summed E-state index contributed by atoms with van der Waals surface area (Å²) in [6.07, 6.45) is 0. The van der Waals surface area contributed by atoms with Crippen LogP contribution in [0, 0.1) is 4.91 Å². The molecule has 11 heavy (non-hydrogen) atoms. The van der Waals surface area contributed by atoms with Crippen molar-refractivity contribution in [1.29, 1.82) is 0 Å². The molecule has 0 aromatic heterocycles. The summed E-state index contributed by atoms with van der Waals surface area (Å²) in [6.45, 7) is 0. The summed E-state index contributed by atoms with van der Waals surface area (Å²) in [4.78, 5) is 9.20. The molecule has 0 fully saturated rings. The summed E-state index contributed by atoms with van der Waals surface area (Å²) >= 11 is -2.07. The predicted octanol–water partition coefficient (Wildman–Crippen LogP) is 1.08. The van der Waals surface area contributed by atoms with Crippen molar-refractivity contribution in [2.45, 2.75) is 0 Å². The van der Waals surface area contributed by atoms with Gasteiger partial charge in [0.15, 0.2) is 0 Å². The SMILES string of the molecule is O=N/N=N/N=N/N=S(\O)OO. The van der Waals surface area contributed by atoms with Crippen molar-refractivity contribution in [1.82, 2.24) is 0 Å². The number of nitroso groups, excluding NO2 is 1. The molecule has 62 valence electrons. The molecule has 1 unspecified atom stereocenters. The van der Waals surface area contributed by atoms with Crippen LogP contribution in [0.4, 0.5) is 0 Å². The van der Waals surface area contributed by atoms with E-state index in [0.717, 1.165) is 0 Å². The highest BCUT2D eigenvalue weighted by Gasteiger charge is 1.83. The van der Waals surface area contributed by atoms with Gasteiger partial charge in [0, 0.05) is 10.4 Å². The normalized spacial score (nSPS) is 14.7. The monoisotopic (exact) mass is 182 g/mol. The summed E-state index contributed by atoms with van der Waals surface area (Å²) in [7, 11) is 0. The Bertz CT molecular complexity index is 195. The lowest BCUT2D eigenvalue weighted by atomic mass is 12.4. The highest BCUT2D eigenvalue weighted by Crippen LogP contribution is 1.86. The van der Waals surface area contributed by atoms with E-state index in [-0.39, 0.29) is 0 Å². The lowest BCUT2D eigenvalue weighted by Crippen LogP contribution is -1.85. The maximum absolute atomic E-state index is 9.20. The Morgan fingerprint density at radius 1 is 1.18 bits per heavy atom. The summed E-state index contributed by atoms with van der Waals surface area (Å²) in [6, 6.07) is 0. The summed E-state index contributed by atoms with van der Waals surface area (Å²) in [5.41, 5.74) is 0. The van der Waals surface area contributed by atoms with Gasteiger partial charge in [-0.3, -0.25) is 4.55 Å². The van der Waals surface area contributed by atoms with Crippen LogP contribution in [-0.4, -0.2) is 9.81 Å². The molecule has 11 heteroatoms. The molecule has 10 nitrogen and oxygen atoms in total. The minimum Gasteiger partial charge on any atom is -0.297 e. The van der Waals surface area contributed by atoms with Crippen LogP contribution in [0.1, 0.15) is 0 Å². The maximum atomic E-state index is 9.20. The second-order valence-corrected chi connectivity index (χ2v) is 1.60. The van der Waals surface area contributed by atoms with Crippen LogP contribution in [0.25, 0.3) is 0 Å². The molecule has 0 spiro atoms. The van der Waals surface area contributed by atoms with E-state index >= 15 is 0 Å². The molecular formula is H2N6O4S. The van der Waals surface area contributed by atoms with Gasteiger partial charge in [-0.2, -0.15) is 0 Å². The first-order valence-corrected chi connectivity index (χ1v) is 2.96. The smallest absolute Gasteiger partial charge is 0.230 e. The third-order valence-electron chi connectivity index (χ3n) is 0.330. The molecule has 0 rings (SSSR count). The van der Waals surface area contributed by atoms with Crippen LogP contribution >= 0.6 is 0 Å². The fourth-order valence-electron chi connectivity index (χ4n) is 0.115. The van der Waals surface area contributed by atoms with Crippen molar-refractivity contribution >= 4 is 11.3 Å². The summed E-state index contributed by atoms with van der Waals surface area (Å²) in [5, 5.41) is 20.3. The van der Waals surface area contributed by atoms with Crippen LogP contribution in [-0.2, 0) is 15.6 Å². The van der Waals surface area contributed by atoms with Crippen LogP contribution < -0.4 is 0 Å². The second kappa shape index (κ2) is 6.94. The molecule has 0 aromatic rings. The molecule has 1 atom stereocenters. The first kappa shape index (κ1) is 9.83. The third kappa shape index (κ3) is 6.72. The van der Waals surface area contributed by atoms with Crippen LogP contribution in [0.2, 0.25) is 0 Å². The van der Waals surface area contributed by atoms with Crippen LogP contribution in [0.15, 0.2) is 30.7 Å². The van der Waals surface area contributed by atoms with Gasteiger partial charge < -0.3 is 0 Å². The molecule has 0 aliphatic rings. The van der Waals surface area contributed by atoms with Crippen LogP contribution in [0.3, 0.4) is 0 Å². The van der Waals surface area contributed by atoms with Crippen LogP contribution in [0.5, 0.6) is 0 Å². The van der Waals surface area contributed by atoms with Gasteiger partial charge in [0.05, 0.1) is 0 Å². The van der Waals surface area contributed by atoms with E-state index < -0.39 is 11.3 Å². The van der Waals surface area contributed by atoms with Crippen molar-refractivity contribution in [2.24, 2.45) is 30.7 Å². The Labute approximate surface area is 61.9 Å². The zero-order valence-corrected chi connectivity index (χ0v) is 5.62. The topological polar surface area (TPSA) is 141 Å². The van der Waals surface area contributed by atoms with Gasteiger partial charge in [0.2, 0.25) is 11.3 Å². The Morgan fingerprint density at radius 2 is 1.82 bits per heavy atom. The average molecular weight is 182 g/mol. The Morgan fingerprint density at radius 3 is 2.36 bits per heavy atom. The number of rotatable bonds is 4. The van der Waals surface area contributed by atoms with E-state index in [2.05, 4.69) is 29.7 Å². The van der Waals surface area contributed by atoms with Gasteiger partial charge in [-0.05, 0) is 14.9 Å². The van der Waals surface area contributed by atoms with Gasteiger partial charge in [-0.15, -0.1) is 9.24 Å². The second-order valence-electron chi connectivity index (χ2n) is 0.826. The van der Waals surface area contributed by atoms with Crippen molar-refractivity contribution < 1.29 is 14.1 Å². The van der Waals surface area contributed by atoms with Crippen molar-refractivity contribution in [3.8, 4) is 0 Å². The minimum absolute atomic E-state index is 1.94. The predicted molar refractivity (Wildman–Crippen MR) is 31.6 cm³/mol. The molecule has 0 bridgehead atoms. The zero-order chi connectivity index (χ0) is 8.53. The summed E-state index contributed by atoms with van der Waals surface area (Å²) in [5.74, 6) is 0. The van der Waals surface area contributed by atoms with E-state index in [1.165, 1.54) is 0 Å². The molecule has 0 amide bonds. The number of hydrogen-bond acceptors (Lipinski definition) is 3. The first-order valence-electron chi connectivity index (χ1n) is 1.90. The van der Waals surface area contributed by atoms with Crippen molar-refractivity contribution in [3.63, 3.8) is 0 Å². The molecule has 0 aliphatic heterocycles. The molecule has 0 heterocycles. The molecule has 0 aliphatic carbocycles. The van der Waals surface area contributed by atoms with E-state index in [1.807, 2.05) is 5.29 Å². The van der Waals surface area contributed by atoms with E-state index in [0.29, 0.717) is 0 Å². The fraction of sp³-hybridized carbons (Fsp3) is 0. The molecule has 2 N–H and O–H groups in total. The number of hydrogen-bond donors (Lipinski definition) is 2. The minimum atomic E-state index is -2.07. The van der Waals surface area contributed by atoms with Gasteiger partial charge >= 0.3 is 0 Å². The fourth-order valence-corrected chi connectivity index (χ4v) is 0.240. The Hall–Kier alpha value is -1.17. The van der Waals surface area contributed by atoms with Gasteiger partial charge in [-0.25, -0.2) is 5.26 Å². The molecule has 0 saturated carbocycles. The van der Waals surface area contributed by atoms with Gasteiger partial charge in [0.25, 0.3) is 0 Å². The molecule has 0 saturated heterocycles. The van der Waals surface area contributed by atoms with E-state index in [9.17, 15) is 4.91 Å². The van der Waals surface area contributed by atoms with Gasteiger partial charge in [0.1, 0.15) is 5.29 Å².